The van der Waals surface area contributed by atoms with E-state index in [-0.39, 0.29) is 24.2 Å². The van der Waals surface area contributed by atoms with E-state index in [2.05, 4.69) is 10.3 Å². The normalized spacial score (nSPS) is 21.7. The van der Waals surface area contributed by atoms with Gasteiger partial charge in [-0.2, -0.15) is 0 Å². The van der Waals surface area contributed by atoms with Crippen LogP contribution < -0.4 is 5.32 Å². The van der Waals surface area contributed by atoms with Crippen molar-refractivity contribution in [2.75, 3.05) is 39.3 Å². The van der Waals surface area contributed by atoms with Crippen LogP contribution in [0.3, 0.4) is 0 Å². The number of hydrogen-bond donors (Lipinski definition) is 1. The summed E-state index contributed by atoms with van der Waals surface area (Å²) >= 11 is 0. The van der Waals surface area contributed by atoms with Gasteiger partial charge in [-0.05, 0) is 56.2 Å². The Bertz CT molecular complexity index is 659. The number of nitrogens with one attached hydrogen (secondary N) is 1. The average molecular weight is 379 g/mol. The molecule has 3 saturated heterocycles. The van der Waals surface area contributed by atoms with Crippen molar-refractivity contribution in [3.05, 3.63) is 29.6 Å². The van der Waals surface area contributed by atoms with Gasteiger partial charge in [0.15, 0.2) is 0 Å². The number of pyridine rings is 1. The molecule has 2 amide bonds. The van der Waals surface area contributed by atoms with Crippen molar-refractivity contribution >= 4 is 24.2 Å². The minimum absolute atomic E-state index is 0. The highest BCUT2D eigenvalue weighted by Crippen LogP contribution is 2.37. The monoisotopic (exact) mass is 378 g/mol. The zero-order chi connectivity index (χ0) is 17.3. The summed E-state index contributed by atoms with van der Waals surface area (Å²) in [6, 6.07) is 5.22. The molecule has 4 heterocycles. The number of carbonyl (C=O) groups excluding carboxylic acids is 2. The topological polar surface area (TPSA) is 65.5 Å². The van der Waals surface area contributed by atoms with Gasteiger partial charge in [0.05, 0.1) is 0 Å². The van der Waals surface area contributed by atoms with Crippen molar-refractivity contribution in [1.82, 2.24) is 20.1 Å². The minimum Gasteiger partial charge on any atom is -0.337 e. The maximum Gasteiger partial charge on any atom is 0.272 e. The first-order valence-corrected chi connectivity index (χ1v) is 9.43. The van der Waals surface area contributed by atoms with Crippen LogP contribution >= 0.6 is 12.4 Å². The standard InChI is InChI=1S/C19H26N4O2.ClH/c24-17(22-10-1-2-11-22)15-4-3-5-16(21-15)18(25)23-12-7-19(8-13-23)6-9-20-14-19;/h3-5,20H,1-2,6-14H2;1H. The third-order valence-electron chi connectivity index (χ3n) is 6.02. The van der Waals surface area contributed by atoms with Gasteiger partial charge in [0.2, 0.25) is 0 Å². The summed E-state index contributed by atoms with van der Waals surface area (Å²) in [6.07, 6.45) is 5.42. The van der Waals surface area contributed by atoms with E-state index < -0.39 is 0 Å². The van der Waals surface area contributed by atoms with Gasteiger partial charge in [-0.3, -0.25) is 9.59 Å². The van der Waals surface area contributed by atoms with Gasteiger partial charge in [0.1, 0.15) is 11.4 Å². The third-order valence-corrected chi connectivity index (χ3v) is 6.02. The summed E-state index contributed by atoms with van der Waals surface area (Å²) < 4.78 is 0. The zero-order valence-electron chi connectivity index (χ0n) is 15.1. The molecule has 142 valence electrons. The molecule has 0 unspecified atom stereocenters. The molecule has 1 aromatic heterocycles. The highest BCUT2D eigenvalue weighted by atomic mass is 35.5. The van der Waals surface area contributed by atoms with Gasteiger partial charge in [-0.25, -0.2) is 4.98 Å². The van der Waals surface area contributed by atoms with Crippen molar-refractivity contribution < 1.29 is 9.59 Å². The van der Waals surface area contributed by atoms with E-state index >= 15 is 0 Å². The second-order valence-corrected chi connectivity index (χ2v) is 7.63. The molecule has 0 bridgehead atoms. The Labute approximate surface area is 160 Å². The number of hydrogen-bond acceptors (Lipinski definition) is 4. The second kappa shape index (κ2) is 7.92. The molecule has 0 saturated carbocycles. The molecule has 0 aliphatic carbocycles. The van der Waals surface area contributed by atoms with Gasteiger partial charge < -0.3 is 15.1 Å². The lowest BCUT2D eigenvalue weighted by Crippen LogP contribution is -2.44. The molecular weight excluding hydrogens is 352 g/mol. The minimum atomic E-state index is -0.0539. The van der Waals surface area contributed by atoms with Gasteiger partial charge in [-0.15, -0.1) is 12.4 Å². The predicted octanol–water partition coefficient (Wildman–Crippen LogP) is 1.96. The lowest BCUT2D eigenvalue weighted by Gasteiger charge is -2.38. The fourth-order valence-electron chi connectivity index (χ4n) is 4.32. The van der Waals surface area contributed by atoms with E-state index in [0.717, 1.165) is 65.0 Å². The molecule has 7 heteroatoms. The van der Waals surface area contributed by atoms with E-state index in [9.17, 15) is 9.59 Å². The maximum absolute atomic E-state index is 12.8. The summed E-state index contributed by atoms with van der Waals surface area (Å²) in [5, 5.41) is 3.45. The van der Waals surface area contributed by atoms with Crippen LogP contribution in [0.5, 0.6) is 0 Å². The number of piperidine rings is 1. The van der Waals surface area contributed by atoms with Crippen molar-refractivity contribution in [2.45, 2.75) is 32.1 Å². The second-order valence-electron chi connectivity index (χ2n) is 7.63. The lowest BCUT2D eigenvalue weighted by molar-refractivity contribution is 0.0601. The largest absolute Gasteiger partial charge is 0.337 e. The Morgan fingerprint density at radius 3 is 2.04 bits per heavy atom. The Hall–Kier alpha value is -1.66. The first-order valence-electron chi connectivity index (χ1n) is 9.43. The quantitative estimate of drug-likeness (QED) is 0.854. The van der Waals surface area contributed by atoms with Crippen LogP contribution in [0.1, 0.15) is 53.1 Å². The fourth-order valence-corrected chi connectivity index (χ4v) is 4.32. The molecule has 1 spiro atoms. The molecule has 0 radical (unpaired) electrons. The van der Waals surface area contributed by atoms with Crippen molar-refractivity contribution in [3.8, 4) is 0 Å². The van der Waals surface area contributed by atoms with E-state index in [4.69, 9.17) is 0 Å². The highest BCUT2D eigenvalue weighted by Gasteiger charge is 2.38. The van der Waals surface area contributed by atoms with Crippen LogP contribution in [0.25, 0.3) is 0 Å². The van der Waals surface area contributed by atoms with E-state index in [1.807, 2.05) is 9.80 Å². The number of likely N-dealkylation sites (tertiary alicyclic amines) is 2. The Kier molecular flexibility index (Phi) is 5.82. The molecular formula is C19H27ClN4O2. The average Bonchev–Trinajstić information content (AvgIpc) is 3.34. The van der Waals surface area contributed by atoms with Gasteiger partial charge in [-0.1, -0.05) is 6.07 Å². The summed E-state index contributed by atoms with van der Waals surface area (Å²) in [6.45, 7) is 5.32. The van der Waals surface area contributed by atoms with Crippen LogP contribution in [-0.2, 0) is 0 Å². The summed E-state index contributed by atoms with van der Waals surface area (Å²) in [5.74, 6) is -0.0985. The van der Waals surface area contributed by atoms with Gasteiger partial charge in [0.25, 0.3) is 11.8 Å². The molecule has 6 nitrogen and oxygen atoms in total. The molecule has 4 rings (SSSR count). The third kappa shape index (κ3) is 3.71. The number of amides is 2. The molecule has 3 aliphatic heterocycles. The van der Waals surface area contributed by atoms with Gasteiger partial charge in [0, 0.05) is 32.7 Å². The SMILES string of the molecule is Cl.O=C(c1cccc(C(=O)N2CCC3(CCNC3)CC2)n1)N1CCCC1. The first-order chi connectivity index (χ1) is 12.2. The van der Waals surface area contributed by atoms with Crippen molar-refractivity contribution in [3.63, 3.8) is 0 Å². The fraction of sp³-hybridized carbons (Fsp3) is 0.632. The Morgan fingerprint density at radius 2 is 1.50 bits per heavy atom. The Morgan fingerprint density at radius 1 is 0.923 bits per heavy atom. The molecule has 1 aromatic rings. The van der Waals surface area contributed by atoms with Crippen LogP contribution in [0.2, 0.25) is 0 Å². The Balaban J connectivity index is 0.00000196. The summed E-state index contributed by atoms with van der Waals surface area (Å²) in [4.78, 5) is 33.4. The molecule has 0 atom stereocenters. The molecule has 3 aliphatic rings. The number of rotatable bonds is 2. The smallest absolute Gasteiger partial charge is 0.272 e. The number of aromatic nitrogens is 1. The van der Waals surface area contributed by atoms with E-state index in [0.29, 0.717) is 16.8 Å². The number of halogens is 1. The summed E-state index contributed by atoms with van der Waals surface area (Å²) in [7, 11) is 0. The van der Waals surface area contributed by atoms with Gasteiger partial charge >= 0.3 is 0 Å². The predicted molar refractivity (Wildman–Crippen MR) is 102 cm³/mol. The maximum atomic E-state index is 12.8. The number of carbonyl (C=O) groups is 2. The first kappa shape index (κ1) is 19.1. The molecule has 26 heavy (non-hydrogen) atoms. The highest BCUT2D eigenvalue weighted by molar-refractivity contribution is 5.96. The van der Waals surface area contributed by atoms with Crippen molar-refractivity contribution in [2.24, 2.45) is 5.41 Å². The van der Waals surface area contributed by atoms with Crippen LogP contribution in [0.15, 0.2) is 18.2 Å². The van der Waals surface area contributed by atoms with E-state index in [1.54, 1.807) is 18.2 Å². The molecule has 1 N–H and O–H groups in total. The van der Waals surface area contributed by atoms with Crippen molar-refractivity contribution in [1.29, 1.82) is 0 Å². The van der Waals surface area contributed by atoms with Crippen LogP contribution in [-0.4, -0.2) is 65.9 Å². The molecule has 0 aromatic carbocycles. The van der Waals surface area contributed by atoms with Crippen LogP contribution in [0, 0.1) is 5.41 Å². The summed E-state index contributed by atoms with van der Waals surface area (Å²) in [5.41, 5.74) is 1.17. The zero-order valence-corrected chi connectivity index (χ0v) is 15.9. The van der Waals surface area contributed by atoms with Crippen LogP contribution in [0.4, 0.5) is 0 Å². The molecule has 3 fully saturated rings. The number of nitrogens with zero attached hydrogens (tertiary/aromatic N) is 3. The lowest BCUT2D eigenvalue weighted by atomic mass is 9.78. The van der Waals surface area contributed by atoms with E-state index in [1.165, 1.54) is 6.42 Å².